The second-order valence-corrected chi connectivity index (χ2v) is 7.80. The molecule has 0 unspecified atom stereocenters. The minimum absolute atomic E-state index is 0.0954. The molecular weight excluding hydrogens is 418 g/mol. The van der Waals surface area contributed by atoms with E-state index in [9.17, 15) is 9.59 Å². The van der Waals surface area contributed by atoms with Crippen LogP contribution in [0, 0.1) is 0 Å². The fraction of sp³-hybridized carbons (Fsp3) is 0.269. The lowest BCUT2D eigenvalue weighted by Gasteiger charge is -2.21. The van der Waals surface area contributed by atoms with Gasteiger partial charge in [0.05, 0.1) is 13.7 Å². The van der Waals surface area contributed by atoms with Crippen LogP contribution in [-0.4, -0.2) is 30.5 Å². The van der Waals surface area contributed by atoms with Crippen LogP contribution in [0.4, 0.5) is 5.69 Å². The average molecular weight is 446 g/mol. The van der Waals surface area contributed by atoms with Gasteiger partial charge in [0, 0.05) is 31.1 Å². The average Bonchev–Trinajstić information content (AvgIpc) is 3.02. The van der Waals surface area contributed by atoms with Crippen LogP contribution in [0.1, 0.15) is 30.4 Å². The summed E-state index contributed by atoms with van der Waals surface area (Å²) in [5.74, 6) is 1.16. The van der Waals surface area contributed by atoms with Crippen molar-refractivity contribution in [1.82, 2.24) is 10.3 Å². The third kappa shape index (κ3) is 5.49. The van der Waals surface area contributed by atoms with Crippen molar-refractivity contribution in [3.8, 4) is 17.4 Å². The third-order valence-electron chi connectivity index (χ3n) is 5.52. The summed E-state index contributed by atoms with van der Waals surface area (Å²) in [5, 5.41) is 2.91. The van der Waals surface area contributed by atoms with E-state index in [1.165, 1.54) is 5.56 Å². The number of hydrogen-bond donors (Lipinski definition) is 1. The van der Waals surface area contributed by atoms with Crippen molar-refractivity contribution in [2.24, 2.45) is 0 Å². The molecule has 0 bridgehead atoms. The lowest BCUT2D eigenvalue weighted by molar-refractivity contribution is -0.125. The second-order valence-electron chi connectivity index (χ2n) is 7.80. The number of nitrogens with zero attached hydrogens (tertiary/aromatic N) is 2. The van der Waals surface area contributed by atoms with E-state index in [1.54, 1.807) is 36.4 Å². The Balaban J connectivity index is 1.36. The van der Waals surface area contributed by atoms with Crippen LogP contribution in [0.3, 0.4) is 0 Å². The molecule has 0 fully saturated rings. The highest BCUT2D eigenvalue weighted by molar-refractivity contribution is 5.96. The molecular formula is C26H27N3O4. The molecule has 1 aromatic heterocycles. The molecule has 0 atom stereocenters. The van der Waals surface area contributed by atoms with Gasteiger partial charge in [-0.15, -0.1) is 0 Å². The molecule has 1 aliphatic rings. The Morgan fingerprint density at radius 2 is 1.91 bits per heavy atom. The molecule has 0 spiro atoms. The quantitative estimate of drug-likeness (QED) is 0.524. The molecule has 3 aromatic rings. The standard InChI is InChI=1S/C26H27N3O4/c1-32-22-13-5-11-20-18-29(21-12-7-17-28-26(21)33-25(20)22)24(31)15-14-23(30)27-16-6-10-19-8-3-2-4-9-19/h2-5,7-9,11-13,17H,6,10,14-16,18H2,1H3,(H,27,30). The van der Waals surface area contributed by atoms with Crippen LogP contribution in [0.15, 0.2) is 66.9 Å². The maximum absolute atomic E-state index is 13.1. The molecule has 33 heavy (non-hydrogen) atoms. The molecule has 1 aliphatic heterocycles. The van der Waals surface area contributed by atoms with Crippen molar-refractivity contribution in [2.45, 2.75) is 32.2 Å². The number of carbonyl (C=O) groups is 2. The Labute approximate surface area is 193 Å². The van der Waals surface area contributed by atoms with Gasteiger partial charge >= 0.3 is 0 Å². The van der Waals surface area contributed by atoms with Crippen molar-refractivity contribution in [2.75, 3.05) is 18.6 Å². The lowest BCUT2D eigenvalue weighted by atomic mass is 10.1. The van der Waals surface area contributed by atoms with Gasteiger partial charge in [-0.1, -0.05) is 42.5 Å². The Morgan fingerprint density at radius 1 is 1.06 bits per heavy atom. The first-order valence-corrected chi connectivity index (χ1v) is 11.1. The zero-order valence-electron chi connectivity index (χ0n) is 18.6. The van der Waals surface area contributed by atoms with Gasteiger partial charge in [0.1, 0.15) is 5.69 Å². The first-order valence-electron chi connectivity index (χ1n) is 11.1. The van der Waals surface area contributed by atoms with Gasteiger partial charge in [0.2, 0.25) is 17.7 Å². The number of aryl methyl sites for hydroxylation is 1. The zero-order valence-corrected chi connectivity index (χ0v) is 18.6. The van der Waals surface area contributed by atoms with E-state index in [0.29, 0.717) is 36.2 Å². The molecule has 2 aromatic carbocycles. The number of para-hydroxylation sites is 1. The molecule has 7 heteroatoms. The van der Waals surface area contributed by atoms with Crippen molar-refractivity contribution in [1.29, 1.82) is 0 Å². The number of amides is 2. The molecule has 0 saturated heterocycles. The molecule has 2 amide bonds. The minimum atomic E-state index is -0.164. The predicted molar refractivity (Wildman–Crippen MR) is 126 cm³/mol. The number of methoxy groups -OCH3 is 1. The normalized spacial score (nSPS) is 12.1. The summed E-state index contributed by atoms with van der Waals surface area (Å²) in [4.78, 5) is 31.4. The van der Waals surface area contributed by atoms with Crippen molar-refractivity contribution < 1.29 is 19.1 Å². The van der Waals surface area contributed by atoms with Gasteiger partial charge in [0.25, 0.3) is 0 Å². The molecule has 4 rings (SSSR count). The number of hydrogen-bond acceptors (Lipinski definition) is 5. The van der Waals surface area contributed by atoms with E-state index in [1.807, 2.05) is 30.3 Å². The molecule has 170 valence electrons. The Bertz CT molecular complexity index is 1120. The number of pyridine rings is 1. The summed E-state index contributed by atoms with van der Waals surface area (Å²) in [6.45, 7) is 0.891. The van der Waals surface area contributed by atoms with Gasteiger partial charge in [0.15, 0.2) is 11.5 Å². The van der Waals surface area contributed by atoms with E-state index < -0.39 is 0 Å². The highest BCUT2D eigenvalue weighted by atomic mass is 16.5. The molecule has 7 nitrogen and oxygen atoms in total. The summed E-state index contributed by atoms with van der Waals surface area (Å²) in [6, 6.07) is 19.3. The summed E-state index contributed by atoms with van der Waals surface area (Å²) in [6.07, 6.45) is 3.59. The Morgan fingerprint density at radius 3 is 2.73 bits per heavy atom. The number of benzene rings is 2. The predicted octanol–water partition coefficient (Wildman–Crippen LogP) is 4.26. The lowest BCUT2D eigenvalue weighted by Crippen LogP contribution is -2.32. The Kier molecular flexibility index (Phi) is 7.19. The summed E-state index contributed by atoms with van der Waals surface area (Å²) in [7, 11) is 1.57. The monoisotopic (exact) mass is 445 g/mol. The number of anilines is 1. The number of carbonyl (C=O) groups excluding carboxylic acids is 2. The first-order chi connectivity index (χ1) is 16.2. The van der Waals surface area contributed by atoms with Gasteiger partial charge < -0.3 is 19.7 Å². The van der Waals surface area contributed by atoms with E-state index in [-0.39, 0.29) is 24.7 Å². The fourth-order valence-corrected chi connectivity index (χ4v) is 3.81. The van der Waals surface area contributed by atoms with Crippen LogP contribution in [-0.2, 0) is 22.6 Å². The largest absolute Gasteiger partial charge is 0.493 e. The van der Waals surface area contributed by atoms with E-state index in [4.69, 9.17) is 9.47 Å². The van der Waals surface area contributed by atoms with E-state index in [0.717, 1.165) is 18.4 Å². The highest BCUT2D eigenvalue weighted by Gasteiger charge is 2.28. The number of ether oxygens (including phenoxy) is 2. The topological polar surface area (TPSA) is 80.8 Å². The molecule has 1 N–H and O–H groups in total. The molecule has 0 radical (unpaired) electrons. The highest BCUT2D eigenvalue weighted by Crippen LogP contribution is 2.42. The smallest absolute Gasteiger partial charge is 0.243 e. The minimum Gasteiger partial charge on any atom is -0.493 e. The number of rotatable bonds is 8. The maximum Gasteiger partial charge on any atom is 0.243 e. The summed E-state index contributed by atoms with van der Waals surface area (Å²) >= 11 is 0. The van der Waals surface area contributed by atoms with Crippen molar-refractivity contribution in [3.05, 3.63) is 78.0 Å². The van der Waals surface area contributed by atoms with Gasteiger partial charge in [-0.2, -0.15) is 0 Å². The fourth-order valence-electron chi connectivity index (χ4n) is 3.81. The van der Waals surface area contributed by atoms with Crippen LogP contribution in [0.5, 0.6) is 17.4 Å². The Hall–Kier alpha value is -3.87. The number of nitrogens with one attached hydrogen (secondary N) is 1. The van der Waals surface area contributed by atoms with Crippen LogP contribution >= 0.6 is 0 Å². The van der Waals surface area contributed by atoms with Gasteiger partial charge in [-0.05, 0) is 36.6 Å². The number of fused-ring (bicyclic) bond motifs is 2. The summed E-state index contributed by atoms with van der Waals surface area (Å²) in [5.41, 5.74) is 2.63. The molecule has 2 heterocycles. The third-order valence-corrected chi connectivity index (χ3v) is 5.52. The molecule has 0 aliphatic carbocycles. The second kappa shape index (κ2) is 10.6. The zero-order chi connectivity index (χ0) is 23.0. The van der Waals surface area contributed by atoms with Crippen molar-refractivity contribution in [3.63, 3.8) is 0 Å². The van der Waals surface area contributed by atoms with Gasteiger partial charge in [-0.3, -0.25) is 9.59 Å². The van der Waals surface area contributed by atoms with Crippen LogP contribution in [0.2, 0.25) is 0 Å². The SMILES string of the molecule is COc1cccc2c1Oc1ncccc1N(C(=O)CCC(=O)NCCCc1ccccc1)C2. The van der Waals surface area contributed by atoms with E-state index >= 15 is 0 Å². The van der Waals surface area contributed by atoms with Gasteiger partial charge in [-0.25, -0.2) is 4.98 Å². The molecule has 0 saturated carbocycles. The van der Waals surface area contributed by atoms with Crippen molar-refractivity contribution >= 4 is 17.5 Å². The number of aromatic nitrogens is 1. The maximum atomic E-state index is 13.1. The van der Waals surface area contributed by atoms with Crippen LogP contribution in [0.25, 0.3) is 0 Å². The van der Waals surface area contributed by atoms with E-state index in [2.05, 4.69) is 22.4 Å². The summed E-state index contributed by atoms with van der Waals surface area (Å²) < 4.78 is 11.4. The first kappa shape index (κ1) is 22.3. The van der Waals surface area contributed by atoms with Crippen LogP contribution < -0.4 is 19.7 Å².